The van der Waals surface area contributed by atoms with Crippen molar-refractivity contribution in [2.45, 2.75) is 6.92 Å². The quantitative estimate of drug-likeness (QED) is 0.561. The summed E-state index contributed by atoms with van der Waals surface area (Å²) in [6, 6.07) is 6.90. The zero-order chi connectivity index (χ0) is 21.8. The second-order valence-electron chi connectivity index (χ2n) is 6.27. The maximum Gasteiger partial charge on any atom is 0.274 e. The smallest absolute Gasteiger partial charge is 0.274 e. The molecule has 0 spiro atoms. The predicted molar refractivity (Wildman–Crippen MR) is 125 cm³/mol. The maximum atomic E-state index is 13.3. The molecule has 1 aromatic heterocycles. The topological polar surface area (TPSA) is 86.4 Å². The summed E-state index contributed by atoms with van der Waals surface area (Å²) < 4.78 is 0.741. The highest BCUT2D eigenvalue weighted by molar-refractivity contribution is 9.10. The van der Waals surface area contributed by atoms with Gasteiger partial charge >= 0.3 is 0 Å². The first kappa shape index (κ1) is 22.2. The van der Waals surface area contributed by atoms with Crippen molar-refractivity contribution in [3.8, 4) is 0 Å². The van der Waals surface area contributed by atoms with Gasteiger partial charge in [0, 0.05) is 17.7 Å². The van der Waals surface area contributed by atoms with Crippen LogP contribution in [0.25, 0.3) is 0 Å². The van der Waals surface area contributed by atoms with Gasteiger partial charge in [-0.3, -0.25) is 15.0 Å². The van der Waals surface area contributed by atoms with Crippen LogP contribution in [-0.4, -0.2) is 30.1 Å². The zero-order valence-electron chi connectivity index (χ0n) is 16.4. The number of thioether (sulfide) groups is 1. The molecule has 3 rings (SSSR count). The average Bonchev–Trinajstić information content (AvgIpc) is 3.13. The zero-order valence-corrected chi connectivity index (χ0v) is 19.6. The molecule has 2 aromatic rings. The number of halogens is 2. The number of hydrogen-bond acceptors (Lipinski definition) is 6. The molecule has 3 N–H and O–H groups in total. The molecule has 1 aliphatic heterocycles. The van der Waals surface area contributed by atoms with Gasteiger partial charge in [0.05, 0.1) is 22.0 Å². The second kappa shape index (κ2) is 9.55. The van der Waals surface area contributed by atoms with E-state index < -0.39 is 5.91 Å². The SMILES string of the molecule is CNC(=O)c1cc(Br)cc(C)c1NC(=O)C1=CC(=CSC)NN1c1ncccc1Cl. The first-order chi connectivity index (χ1) is 14.3. The van der Waals surface area contributed by atoms with E-state index in [4.69, 9.17) is 11.6 Å². The fourth-order valence-electron chi connectivity index (χ4n) is 2.90. The Morgan fingerprint density at radius 2 is 2.10 bits per heavy atom. The highest BCUT2D eigenvalue weighted by Gasteiger charge is 2.29. The molecule has 0 aliphatic carbocycles. The van der Waals surface area contributed by atoms with Crippen LogP contribution < -0.4 is 21.1 Å². The predicted octanol–water partition coefficient (Wildman–Crippen LogP) is 4.22. The number of rotatable bonds is 5. The number of amides is 2. The third-order valence-corrected chi connectivity index (χ3v) is 5.46. The van der Waals surface area contributed by atoms with Gasteiger partial charge < -0.3 is 10.6 Å². The van der Waals surface area contributed by atoms with Gasteiger partial charge in [-0.25, -0.2) is 9.99 Å². The molecule has 156 valence electrons. The number of nitrogens with zero attached hydrogens (tertiary/aromatic N) is 2. The van der Waals surface area contributed by atoms with Crippen LogP contribution in [0.4, 0.5) is 11.5 Å². The third-order valence-electron chi connectivity index (χ3n) is 4.21. The first-order valence-corrected chi connectivity index (χ1v) is 11.3. The molecule has 0 saturated heterocycles. The van der Waals surface area contributed by atoms with E-state index in [1.807, 2.05) is 24.7 Å². The van der Waals surface area contributed by atoms with Gasteiger partial charge in [-0.1, -0.05) is 27.5 Å². The Morgan fingerprint density at radius 3 is 2.77 bits per heavy atom. The highest BCUT2D eigenvalue weighted by Crippen LogP contribution is 2.31. The molecule has 0 radical (unpaired) electrons. The van der Waals surface area contributed by atoms with Gasteiger partial charge in [-0.05, 0) is 54.5 Å². The Balaban J connectivity index is 2.01. The summed E-state index contributed by atoms with van der Waals surface area (Å²) in [5, 5.41) is 9.24. The Labute approximate surface area is 192 Å². The van der Waals surface area contributed by atoms with E-state index in [9.17, 15) is 9.59 Å². The summed E-state index contributed by atoms with van der Waals surface area (Å²) >= 11 is 11.2. The van der Waals surface area contributed by atoms with Crippen molar-refractivity contribution in [2.24, 2.45) is 0 Å². The van der Waals surface area contributed by atoms with Crippen LogP contribution in [0.5, 0.6) is 0 Å². The minimum atomic E-state index is -0.413. The van der Waals surface area contributed by atoms with Gasteiger partial charge in [0.25, 0.3) is 11.8 Å². The number of pyridine rings is 1. The minimum absolute atomic E-state index is 0.293. The van der Waals surface area contributed by atoms with E-state index in [2.05, 4.69) is 37.0 Å². The summed E-state index contributed by atoms with van der Waals surface area (Å²) in [5.74, 6) is -0.325. The lowest BCUT2D eigenvalue weighted by molar-refractivity contribution is -0.112. The van der Waals surface area contributed by atoms with Gasteiger partial charge in [-0.2, -0.15) is 0 Å². The number of carbonyl (C=O) groups is 2. The maximum absolute atomic E-state index is 13.3. The second-order valence-corrected chi connectivity index (χ2v) is 8.30. The Bertz CT molecular complexity index is 1070. The fourth-order valence-corrected chi connectivity index (χ4v) is 4.05. The lowest BCUT2D eigenvalue weighted by Gasteiger charge is -2.23. The molecule has 0 saturated carbocycles. The van der Waals surface area contributed by atoms with Gasteiger partial charge in [0.15, 0.2) is 5.82 Å². The molecule has 0 bridgehead atoms. The number of nitrogens with one attached hydrogen (secondary N) is 3. The molecule has 0 fully saturated rings. The van der Waals surface area contributed by atoms with E-state index in [1.54, 1.807) is 30.5 Å². The number of allylic oxidation sites excluding steroid dienone is 1. The molecular formula is C20H19BrClN5O2S. The number of hydrogen-bond donors (Lipinski definition) is 3. The Kier molecular flexibility index (Phi) is 7.06. The normalized spacial score (nSPS) is 14.4. The lowest BCUT2D eigenvalue weighted by atomic mass is 10.1. The average molecular weight is 509 g/mol. The number of aryl methyl sites for hydroxylation is 1. The van der Waals surface area contributed by atoms with E-state index in [1.165, 1.54) is 23.8 Å². The molecule has 7 nitrogen and oxygen atoms in total. The van der Waals surface area contributed by atoms with Crippen LogP contribution in [0.3, 0.4) is 0 Å². The summed E-state index contributed by atoms with van der Waals surface area (Å²) in [7, 11) is 1.54. The molecule has 2 heterocycles. The van der Waals surface area contributed by atoms with Crippen molar-refractivity contribution in [2.75, 3.05) is 23.6 Å². The van der Waals surface area contributed by atoms with Crippen molar-refractivity contribution in [1.82, 2.24) is 15.7 Å². The first-order valence-electron chi connectivity index (χ1n) is 8.81. The Hall–Kier alpha value is -2.49. The van der Waals surface area contributed by atoms with E-state index in [0.29, 0.717) is 33.5 Å². The van der Waals surface area contributed by atoms with Crippen molar-refractivity contribution in [3.05, 3.63) is 74.0 Å². The molecular weight excluding hydrogens is 490 g/mol. The van der Waals surface area contributed by atoms with Crippen LogP contribution in [-0.2, 0) is 4.79 Å². The van der Waals surface area contributed by atoms with Gasteiger partial charge in [0.1, 0.15) is 5.70 Å². The lowest BCUT2D eigenvalue weighted by Crippen LogP contribution is -2.36. The molecule has 1 aliphatic rings. The van der Waals surface area contributed by atoms with Crippen LogP contribution in [0.2, 0.25) is 5.02 Å². The standard InChI is InChI=1S/C20H19BrClN5O2S/c1-11-7-12(21)8-14(19(28)23-2)17(11)25-20(29)16-9-13(10-30-3)26-27(16)18-15(22)5-4-6-24-18/h4-10,26H,1-3H3,(H,23,28)(H,25,29). The fraction of sp³-hybridized carbons (Fsp3) is 0.150. The van der Waals surface area contributed by atoms with Gasteiger partial charge in [-0.15, -0.1) is 11.8 Å². The molecule has 0 unspecified atom stereocenters. The van der Waals surface area contributed by atoms with Gasteiger partial charge in [0.2, 0.25) is 0 Å². The van der Waals surface area contributed by atoms with E-state index in [-0.39, 0.29) is 5.91 Å². The van der Waals surface area contributed by atoms with Crippen LogP contribution in [0.1, 0.15) is 15.9 Å². The van der Waals surface area contributed by atoms with Crippen molar-refractivity contribution < 1.29 is 9.59 Å². The van der Waals surface area contributed by atoms with Crippen molar-refractivity contribution in [3.63, 3.8) is 0 Å². The van der Waals surface area contributed by atoms with Crippen LogP contribution >= 0.6 is 39.3 Å². The largest absolute Gasteiger partial charge is 0.355 e. The van der Waals surface area contributed by atoms with E-state index in [0.717, 1.165) is 10.0 Å². The summed E-state index contributed by atoms with van der Waals surface area (Å²) in [4.78, 5) is 29.9. The Morgan fingerprint density at radius 1 is 1.33 bits per heavy atom. The van der Waals surface area contributed by atoms with Crippen LogP contribution in [0, 0.1) is 6.92 Å². The summed E-state index contributed by atoms with van der Waals surface area (Å²) in [6.07, 6.45) is 5.21. The number of benzene rings is 1. The molecule has 30 heavy (non-hydrogen) atoms. The summed E-state index contributed by atoms with van der Waals surface area (Å²) in [5.41, 5.74) is 5.66. The number of hydrazine groups is 1. The number of aromatic nitrogens is 1. The highest BCUT2D eigenvalue weighted by atomic mass is 79.9. The molecule has 0 atom stereocenters. The summed E-state index contributed by atoms with van der Waals surface area (Å²) in [6.45, 7) is 1.82. The third kappa shape index (κ3) is 4.63. The number of carbonyl (C=O) groups excluding carboxylic acids is 2. The monoisotopic (exact) mass is 507 g/mol. The molecule has 1 aromatic carbocycles. The molecule has 10 heteroatoms. The van der Waals surface area contributed by atoms with Crippen molar-refractivity contribution >= 4 is 62.6 Å². The molecule has 2 amide bonds. The number of anilines is 2. The van der Waals surface area contributed by atoms with Crippen molar-refractivity contribution in [1.29, 1.82) is 0 Å². The minimum Gasteiger partial charge on any atom is -0.355 e. The van der Waals surface area contributed by atoms with E-state index >= 15 is 0 Å². The van der Waals surface area contributed by atoms with Crippen LogP contribution in [0.15, 0.2) is 57.8 Å².